The molecular formula is C15H31ClO2S. The van der Waals surface area contributed by atoms with E-state index in [2.05, 4.69) is 6.92 Å². The first-order valence-electron chi connectivity index (χ1n) is 7.79. The summed E-state index contributed by atoms with van der Waals surface area (Å²) in [5.41, 5.74) is 0. The van der Waals surface area contributed by atoms with Crippen molar-refractivity contribution < 1.29 is 9.32 Å². The second kappa shape index (κ2) is 14.8. The van der Waals surface area contributed by atoms with E-state index in [-0.39, 0.29) is 5.88 Å². The molecule has 0 amide bonds. The van der Waals surface area contributed by atoms with Crippen molar-refractivity contribution in [3.63, 3.8) is 0 Å². The molecule has 1 N–H and O–H groups in total. The van der Waals surface area contributed by atoms with Crippen LogP contribution >= 0.6 is 11.6 Å². The molecule has 0 radical (unpaired) electrons. The highest BCUT2D eigenvalue weighted by Crippen LogP contribution is 2.10. The van der Waals surface area contributed by atoms with Crippen LogP contribution in [0.25, 0.3) is 0 Å². The standard InChI is InChI=1S/C15H31ClO2S/c1-2-3-4-5-6-7-8-9-10-11-12-19(18)14-15(17)13-16/h15,17H,2-14H2,1H3/t15-,19-/m0/s1. The monoisotopic (exact) mass is 310 g/mol. The van der Waals surface area contributed by atoms with Gasteiger partial charge < -0.3 is 5.11 Å². The smallest absolute Gasteiger partial charge is 0.0790 e. The van der Waals surface area contributed by atoms with Crippen LogP contribution in [0.2, 0.25) is 0 Å². The van der Waals surface area contributed by atoms with Gasteiger partial charge in [0.1, 0.15) is 0 Å². The van der Waals surface area contributed by atoms with Gasteiger partial charge in [0.15, 0.2) is 0 Å². The molecule has 0 heterocycles. The van der Waals surface area contributed by atoms with Gasteiger partial charge >= 0.3 is 0 Å². The lowest BCUT2D eigenvalue weighted by Crippen LogP contribution is -2.19. The van der Waals surface area contributed by atoms with E-state index in [1.807, 2.05) is 0 Å². The number of halogens is 1. The summed E-state index contributed by atoms with van der Waals surface area (Å²) in [4.78, 5) is 0. The van der Waals surface area contributed by atoms with Crippen LogP contribution in [0, 0.1) is 0 Å². The van der Waals surface area contributed by atoms with E-state index in [0.29, 0.717) is 11.5 Å². The Kier molecular flexibility index (Phi) is 15.1. The Balaban J connectivity index is 3.16. The van der Waals surface area contributed by atoms with Gasteiger partial charge in [-0.25, -0.2) is 0 Å². The van der Waals surface area contributed by atoms with Gasteiger partial charge in [0, 0.05) is 22.4 Å². The number of hydrogen-bond acceptors (Lipinski definition) is 2. The third-order valence-corrected chi connectivity index (χ3v) is 5.14. The number of aliphatic hydroxyl groups excluding tert-OH is 1. The number of hydrogen-bond donors (Lipinski definition) is 1. The number of rotatable bonds is 14. The van der Waals surface area contributed by atoms with Gasteiger partial charge in [-0.2, -0.15) is 0 Å². The fourth-order valence-corrected chi connectivity index (χ4v) is 3.57. The highest BCUT2D eigenvalue weighted by molar-refractivity contribution is 7.85. The zero-order valence-electron chi connectivity index (χ0n) is 12.4. The molecule has 0 spiro atoms. The molecular weight excluding hydrogens is 280 g/mol. The Morgan fingerprint density at radius 2 is 1.42 bits per heavy atom. The van der Waals surface area contributed by atoms with Crippen molar-refractivity contribution in [1.82, 2.24) is 0 Å². The van der Waals surface area contributed by atoms with Crippen LogP contribution in [0.15, 0.2) is 0 Å². The topological polar surface area (TPSA) is 37.3 Å². The quantitative estimate of drug-likeness (QED) is 0.384. The van der Waals surface area contributed by atoms with Crippen LogP contribution in [-0.4, -0.2) is 32.8 Å². The minimum absolute atomic E-state index is 0.184. The maximum atomic E-state index is 11.5. The molecule has 2 atom stereocenters. The van der Waals surface area contributed by atoms with Crippen molar-refractivity contribution in [3.8, 4) is 0 Å². The van der Waals surface area contributed by atoms with Crippen LogP contribution in [0.5, 0.6) is 0 Å². The highest BCUT2D eigenvalue weighted by Gasteiger charge is 2.07. The van der Waals surface area contributed by atoms with Crippen molar-refractivity contribution in [1.29, 1.82) is 0 Å². The molecule has 0 aromatic heterocycles. The van der Waals surface area contributed by atoms with Gasteiger partial charge in [0.05, 0.1) is 11.9 Å². The van der Waals surface area contributed by atoms with Crippen molar-refractivity contribution in [2.75, 3.05) is 17.4 Å². The van der Waals surface area contributed by atoms with E-state index in [1.165, 1.54) is 51.4 Å². The molecule has 4 heteroatoms. The first kappa shape index (κ1) is 19.4. The molecule has 0 aliphatic rings. The van der Waals surface area contributed by atoms with Crippen LogP contribution in [0.1, 0.15) is 71.1 Å². The second-order valence-corrected chi connectivity index (χ2v) is 7.23. The third-order valence-electron chi connectivity index (χ3n) is 3.28. The molecule has 0 saturated heterocycles. The summed E-state index contributed by atoms with van der Waals surface area (Å²) in [6, 6.07) is 0. The summed E-state index contributed by atoms with van der Waals surface area (Å²) < 4.78 is 11.5. The van der Waals surface area contributed by atoms with Crippen molar-refractivity contribution in [2.45, 2.75) is 77.2 Å². The number of aliphatic hydroxyl groups is 1. The molecule has 0 rings (SSSR count). The minimum atomic E-state index is -0.897. The van der Waals surface area contributed by atoms with E-state index in [9.17, 15) is 9.32 Å². The van der Waals surface area contributed by atoms with Crippen molar-refractivity contribution >= 4 is 22.4 Å². The molecule has 0 fully saturated rings. The molecule has 0 unspecified atom stereocenters. The molecule has 19 heavy (non-hydrogen) atoms. The summed E-state index contributed by atoms with van der Waals surface area (Å²) in [6.07, 6.45) is 12.3. The first-order valence-corrected chi connectivity index (χ1v) is 9.82. The van der Waals surface area contributed by atoms with E-state index in [4.69, 9.17) is 11.6 Å². The minimum Gasteiger partial charge on any atom is -0.391 e. The average Bonchev–Trinajstić information content (AvgIpc) is 2.40. The summed E-state index contributed by atoms with van der Waals surface area (Å²) in [7, 11) is -0.897. The van der Waals surface area contributed by atoms with E-state index >= 15 is 0 Å². The molecule has 0 aliphatic carbocycles. The average molecular weight is 311 g/mol. The van der Waals surface area contributed by atoms with E-state index in [0.717, 1.165) is 12.8 Å². The maximum absolute atomic E-state index is 11.5. The zero-order valence-corrected chi connectivity index (χ0v) is 14.0. The van der Waals surface area contributed by atoms with Gasteiger partial charge in [-0.15, -0.1) is 11.6 Å². The molecule has 0 aromatic rings. The lowest BCUT2D eigenvalue weighted by Gasteiger charge is -2.06. The Morgan fingerprint density at radius 3 is 1.89 bits per heavy atom. The normalized spacial score (nSPS) is 14.5. The van der Waals surface area contributed by atoms with Gasteiger partial charge in [-0.3, -0.25) is 4.21 Å². The Labute approximate surface area is 126 Å². The molecule has 2 nitrogen and oxygen atoms in total. The summed E-state index contributed by atoms with van der Waals surface area (Å²) in [5, 5.41) is 9.26. The largest absolute Gasteiger partial charge is 0.391 e. The Morgan fingerprint density at radius 1 is 0.947 bits per heavy atom. The summed E-state index contributed by atoms with van der Waals surface area (Å²) >= 11 is 5.48. The SMILES string of the molecule is CCCCCCCCCCCC[S@](=O)C[C@@H](O)CCl. The molecule has 0 aromatic carbocycles. The zero-order chi connectivity index (χ0) is 14.3. The van der Waals surface area contributed by atoms with E-state index in [1.54, 1.807) is 0 Å². The van der Waals surface area contributed by atoms with Gasteiger partial charge in [0.25, 0.3) is 0 Å². The first-order chi connectivity index (χ1) is 9.20. The predicted octanol–water partition coefficient (Wildman–Crippen LogP) is 4.26. The number of alkyl halides is 1. The van der Waals surface area contributed by atoms with Crippen molar-refractivity contribution in [2.24, 2.45) is 0 Å². The summed E-state index contributed by atoms with van der Waals surface area (Å²) in [6.45, 7) is 2.25. The summed E-state index contributed by atoms with van der Waals surface area (Å²) in [5.74, 6) is 1.23. The third kappa shape index (κ3) is 14.6. The molecule has 0 bridgehead atoms. The lowest BCUT2D eigenvalue weighted by atomic mass is 10.1. The lowest BCUT2D eigenvalue weighted by molar-refractivity contribution is 0.222. The van der Waals surface area contributed by atoms with Crippen LogP contribution in [-0.2, 0) is 10.8 Å². The Hall–Kier alpha value is 0.400. The fourth-order valence-electron chi connectivity index (χ4n) is 2.09. The van der Waals surface area contributed by atoms with E-state index < -0.39 is 16.9 Å². The van der Waals surface area contributed by atoms with Crippen LogP contribution < -0.4 is 0 Å². The molecule has 116 valence electrons. The Bertz CT molecular complexity index is 212. The highest BCUT2D eigenvalue weighted by atomic mass is 35.5. The predicted molar refractivity (Wildman–Crippen MR) is 86.4 cm³/mol. The van der Waals surface area contributed by atoms with Crippen LogP contribution in [0.3, 0.4) is 0 Å². The van der Waals surface area contributed by atoms with Gasteiger partial charge in [-0.1, -0.05) is 64.7 Å². The fraction of sp³-hybridized carbons (Fsp3) is 1.00. The second-order valence-electron chi connectivity index (χ2n) is 5.30. The van der Waals surface area contributed by atoms with Gasteiger partial charge in [0.2, 0.25) is 0 Å². The molecule has 0 saturated carbocycles. The number of unbranched alkanes of at least 4 members (excludes halogenated alkanes) is 9. The maximum Gasteiger partial charge on any atom is 0.0790 e. The van der Waals surface area contributed by atoms with Crippen LogP contribution in [0.4, 0.5) is 0 Å². The van der Waals surface area contributed by atoms with Crippen molar-refractivity contribution in [3.05, 3.63) is 0 Å². The molecule has 0 aliphatic heterocycles. The van der Waals surface area contributed by atoms with Gasteiger partial charge in [-0.05, 0) is 6.42 Å².